The third kappa shape index (κ3) is 3.48. The lowest BCUT2D eigenvalue weighted by Gasteiger charge is -2.18. The van der Waals surface area contributed by atoms with Crippen molar-refractivity contribution in [2.45, 2.75) is 27.7 Å². The molecule has 6 nitrogen and oxygen atoms in total. The summed E-state index contributed by atoms with van der Waals surface area (Å²) in [5.41, 5.74) is 0.394. The Bertz CT molecular complexity index is 806. The van der Waals surface area contributed by atoms with Crippen LogP contribution < -0.4 is 14.2 Å². The second kappa shape index (κ2) is 6.48. The van der Waals surface area contributed by atoms with E-state index in [1.54, 1.807) is 31.2 Å². The first-order chi connectivity index (χ1) is 10.8. The van der Waals surface area contributed by atoms with Gasteiger partial charge in [0.25, 0.3) is 0 Å². The summed E-state index contributed by atoms with van der Waals surface area (Å²) in [7, 11) is 0. The molecule has 0 radical (unpaired) electrons. The topological polar surface area (TPSA) is 78.9 Å². The number of fused-ring (bicyclic) bond motifs is 1. The van der Waals surface area contributed by atoms with Gasteiger partial charge < -0.3 is 14.2 Å². The molecule has 0 saturated carbocycles. The summed E-state index contributed by atoms with van der Waals surface area (Å²) < 4.78 is 15.7. The van der Waals surface area contributed by atoms with Crippen molar-refractivity contribution in [1.29, 1.82) is 0 Å². The summed E-state index contributed by atoms with van der Waals surface area (Å²) in [5, 5.41) is 1.08. The van der Waals surface area contributed by atoms with Gasteiger partial charge in [0.15, 0.2) is 11.5 Å². The molecule has 0 spiro atoms. The van der Waals surface area contributed by atoms with Crippen LogP contribution in [0.3, 0.4) is 0 Å². The molecule has 0 bridgehead atoms. The predicted molar refractivity (Wildman–Crippen MR) is 82.6 cm³/mol. The second-order valence-electron chi connectivity index (χ2n) is 4.94. The third-order valence-electron chi connectivity index (χ3n) is 3.04. The van der Waals surface area contributed by atoms with Crippen LogP contribution in [0.1, 0.15) is 26.3 Å². The van der Waals surface area contributed by atoms with Crippen molar-refractivity contribution < 1.29 is 28.6 Å². The van der Waals surface area contributed by atoms with Gasteiger partial charge in [0.2, 0.25) is 0 Å². The van der Waals surface area contributed by atoms with Crippen LogP contribution in [0.15, 0.2) is 24.3 Å². The fraction of sp³-hybridized carbons (Fsp3) is 0.235. The fourth-order valence-electron chi connectivity index (χ4n) is 2.26. The van der Waals surface area contributed by atoms with Crippen LogP contribution in [0.5, 0.6) is 17.2 Å². The van der Waals surface area contributed by atoms with Gasteiger partial charge in [-0.15, -0.1) is 0 Å². The molecule has 6 heteroatoms. The summed E-state index contributed by atoms with van der Waals surface area (Å²) in [6.45, 7) is 5.38. The van der Waals surface area contributed by atoms with Gasteiger partial charge in [-0.2, -0.15) is 0 Å². The largest absolute Gasteiger partial charge is 0.426 e. The highest BCUT2D eigenvalue weighted by molar-refractivity contribution is 6.00. The molecule has 23 heavy (non-hydrogen) atoms. The highest BCUT2D eigenvalue weighted by Gasteiger charge is 2.23. The first kappa shape index (κ1) is 16.5. The van der Waals surface area contributed by atoms with Gasteiger partial charge in [0, 0.05) is 37.1 Å². The number of ether oxygens (including phenoxy) is 3. The molecule has 2 rings (SSSR count). The molecular weight excluding hydrogens is 300 g/mol. The van der Waals surface area contributed by atoms with Crippen molar-refractivity contribution in [1.82, 2.24) is 0 Å². The molecule has 2 aromatic carbocycles. The number of carbonyl (C=O) groups is 3. The number of carbonyl (C=O) groups excluding carboxylic acids is 3. The van der Waals surface area contributed by atoms with Crippen LogP contribution in [0, 0.1) is 6.92 Å². The summed E-state index contributed by atoms with van der Waals surface area (Å²) in [4.78, 5) is 34.2. The zero-order valence-electron chi connectivity index (χ0n) is 13.3. The predicted octanol–water partition coefficient (Wildman–Crippen LogP) is 2.92. The van der Waals surface area contributed by atoms with E-state index in [4.69, 9.17) is 14.2 Å². The minimum atomic E-state index is -0.578. The van der Waals surface area contributed by atoms with Crippen LogP contribution in [0.25, 0.3) is 10.8 Å². The van der Waals surface area contributed by atoms with Gasteiger partial charge in [-0.1, -0.05) is 24.3 Å². The molecule has 0 atom stereocenters. The third-order valence-corrected chi connectivity index (χ3v) is 3.04. The van der Waals surface area contributed by atoms with Gasteiger partial charge in [0.1, 0.15) is 5.75 Å². The monoisotopic (exact) mass is 316 g/mol. The van der Waals surface area contributed by atoms with E-state index in [1.165, 1.54) is 20.8 Å². The molecule has 0 aliphatic carbocycles. The number of esters is 3. The fourth-order valence-corrected chi connectivity index (χ4v) is 2.26. The number of hydrogen-bond donors (Lipinski definition) is 0. The maximum Gasteiger partial charge on any atom is 0.308 e. The number of hydrogen-bond acceptors (Lipinski definition) is 6. The van der Waals surface area contributed by atoms with E-state index in [9.17, 15) is 14.4 Å². The zero-order valence-corrected chi connectivity index (χ0v) is 13.3. The molecule has 0 unspecified atom stereocenters. The standard InChI is InChI=1S/C17H16O6/c1-9-15(21-10(2)18)13-7-5-6-8-14(13)17(23-12(4)20)16(9)22-11(3)19/h5-8H,1-4H3. The molecule has 0 fully saturated rings. The van der Waals surface area contributed by atoms with Crippen LogP contribution in [-0.2, 0) is 14.4 Å². The Morgan fingerprint density at radius 3 is 1.57 bits per heavy atom. The Balaban J connectivity index is 2.86. The van der Waals surface area contributed by atoms with Crippen molar-refractivity contribution in [3.05, 3.63) is 29.8 Å². The lowest BCUT2D eigenvalue weighted by Crippen LogP contribution is -2.11. The lowest BCUT2D eigenvalue weighted by atomic mass is 10.0. The summed E-state index contributed by atoms with van der Waals surface area (Å²) in [5.74, 6) is -1.19. The highest BCUT2D eigenvalue weighted by Crippen LogP contribution is 2.45. The van der Waals surface area contributed by atoms with Crippen LogP contribution >= 0.6 is 0 Å². The van der Waals surface area contributed by atoms with Crippen molar-refractivity contribution in [2.24, 2.45) is 0 Å². The smallest absolute Gasteiger partial charge is 0.308 e. The van der Waals surface area contributed by atoms with E-state index in [0.717, 1.165) is 0 Å². The van der Waals surface area contributed by atoms with E-state index in [-0.39, 0.29) is 17.2 Å². The molecular formula is C17H16O6. The summed E-state index contributed by atoms with van der Waals surface area (Å²) in [6.07, 6.45) is 0. The van der Waals surface area contributed by atoms with Crippen molar-refractivity contribution >= 4 is 28.7 Å². The van der Waals surface area contributed by atoms with E-state index < -0.39 is 17.9 Å². The van der Waals surface area contributed by atoms with Gasteiger partial charge >= 0.3 is 17.9 Å². The van der Waals surface area contributed by atoms with Gasteiger partial charge in [-0.25, -0.2) is 0 Å². The average molecular weight is 316 g/mol. The first-order valence-electron chi connectivity index (χ1n) is 6.91. The molecule has 0 aliphatic rings. The summed E-state index contributed by atoms with van der Waals surface area (Å²) >= 11 is 0. The van der Waals surface area contributed by atoms with Crippen LogP contribution in [-0.4, -0.2) is 17.9 Å². The Morgan fingerprint density at radius 2 is 1.09 bits per heavy atom. The lowest BCUT2D eigenvalue weighted by molar-refractivity contribution is -0.134. The van der Waals surface area contributed by atoms with E-state index in [2.05, 4.69) is 0 Å². The van der Waals surface area contributed by atoms with E-state index in [1.807, 2.05) is 0 Å². The Kier molecular flexibility index (Phi) is 4.64. The van der Waals surface area contributed by atoms with Crippen LogP contribution in [0.4, 0.5) is 0 Å². The average Bonchev–Trinajstić information content (AvgIpc) is 2.46. The maximum atomic E-state index is 11.4. The van der Waals surface area contributed by atoms with Gasteiger partial charge in [-0.3, -0.25) is 14.4 Å². The zero-order chi connectivity index (χ0) is 17.1. The van der Waals surface area contributed by atoms with Crippen molar-refractivity contribution in [2.75, 3.05) is 0 Å². The van der Waals surface area contributed by atoms with E-state index in [0.29, 0.717) is 16.3 Å². The Labute approximate surface area is 132 Å². The van der Waals surface area contributed by atoms with Gasteiger partial charge in [0.05, 0.1) is 0 Å². The SMILES string of the molecule is CC(=O)Oc1c(C)c(OC(C)=O)c2ccccc2c1OC(C)=O. The normalized spacial score (nSPS) is 10.3. The van der Waals surface area contributed by atoms with Gasteiger partial charge in [-0.05, 0) is 6.92 Å². The summed E-state index contributed by atoms with van der Waals surface area (Å²) in [6, 6.07) is 6.91. The Hall–Kier alpha value is -2.89. The molecule has 0 heterocycles. The second-order valence-corrected chi connectivity index (χ2v) is 4.94. The highest BCUT2D eigenvalue weighted by atomic mass is 16.6. The molecule has 0 amide bonds. The maximum absolute atomic E-state index is 11.4. The molecule has 0 N–H and O–H groups in total. The Morgan fingerprint density at radius 1 is 0.696 bits per heavy atom. The molecule has 0 aliphatic heterocycles. The molecule has 0 aromatic heterocycles. The quantitative estimate of drug-likeness (QED) is 0.640. The first-order valence-corrected chi connectivity index (χ1v) is 6.91. The molecule has 0 saturated heterocycles. The minimum absolute atomic E-state index is 0.0580. The van der Waals surface area contributed by atoms with Crippen LogP contribution in [0.2, 0.25) is 0 Å². The molecule has 2 aromatic rings. The number of benzene rings is 2. The minimum Gasteiger partial charge on any atom is -0.426 e. The molecule has 120 valence electrons. The number of rotatable bonds is 3. The van der Waals surface area contributed by atoms with Crippen molar-refractivity contribution in [3.63, 3.8) is 0 Å². The van der Waals surface area contributed by atoms with E-state index >= 15 is 0 Å². The van der Waals surface area contributed by atoms with Crippen molar-refractivity contribution in [3.8, 4) is 17.2 Å².